The molecule has 1 fully saturated rings. The molecule has 3 unspecified atom stereocenters. The van der Waals surface area contributed by atoms with E-state index >= 15 is 0 Å². The maximum absolute atomic E-state index is 11.3. The smallest absolute Gasteiger partial charge is 0.340 e. The molecular weight excluding hydrogens is 250 g/mol. The predicted octanol–water partition coefficient (Wildman–Crippen LogP) is -2.89. The van der Waals surface area contributed by atoms with Crippen LogP contribution in [0.4, 0.5) is 4.79 Å². The minimum Gasteiger partial charge on any atom is -0.394 e. The van der Waals surface area contributed by atoms with Gasteiger partial charge in [-0.2, -0.15) is 5.01 Å². The number of amides is 2. The molecule has 0 aromatic carbocycles. The first-order valence-electron chi connectivity index (χ1n) is 5.10. The van der Waals surface area contributed by atoms with Crippen molar-refractivity contribution in [3.8, 4) is 0 Å². The van der Waals surface area contributed by atoms with E-state index in [1.165, 1.54) is 0 Å². The summed E-state index contributed by atoms with van der Waals surface area (Å²) in [6.07, 6.45) is -5.84. The molecule has 1 aliphatic rings. The number of nitrogens with zero attached hydrogens (tertiary/aromatic N) is 2. The molecular formula is C8H15N3O7. The molecule has 104 valence electrons. The summed E-state index contributed by atoms with van der Waals surface area (Å²) in [5.74, 6) is 0. The molecule has 0 aromatic rings. The largest absolute Gasteiger partial charge is 0.394 e. The van der Waals surface area contributed by atoms with Crippen LogP contribution in [-0.2, 0) is 4.74 Å². The van der Waals surface area contributed by atoms with Gasteiger partial charge in [0.25, 0.3) is 0 Å². The Hall–Kier alpha value is -1.33. The molecule has 0 radical (unpaired) electrons. The second kappa shape index (κ2) is 6.02. The average Bonchev–Trinajstić information content (AvgIpc) is 2.37. The molecule has 0 bridgehead atoms. The van der Waals surface area contributed by atoms with E-state index in [4.69, 9.17) is 9.84 Å². The molecule has 10 nitrogen and oxygen atoms in total. The molecule has 1 aliphatic heterocycles. The van der Waals surface area contributed by atoms with Crippen LogP contribution in [-0.4, -0.2) is 75.8 Å². The fourth-order valence-electron chi connectivity index (χ4n) is 1.53. The lowest BCUT2D eigenvalue weighted by molar-refractivity contribution is -0.252. The van der Waals surface area contributed by atoms with Gasteiger partial charge in [0, 0.05) is 7.05 Å². The van der Waals surface area contributed by atoms with Crippen molar-refractivity contribution in [2.75, 3.05) is 13.7 Å². The van der Waals surface area contributed by atoms with Gasteiger partial charge in [-0.3, -0.25) is 0 Å². The van der Waals surface area contributed by atoms with E-state index in [1.807, 2.05) is 0 Å². The maximum Gasteiger partial charge on any atom is 0.340 e. The predicted molar refractivity (Wildman–Crippen MR) is 55.9 cm³/mol. The molecule has 0 aliphatic carbocycles. The molecule has 5 atom stereocenters. The van der Waals surface area contributed by atoms with Gasteiger partial charge in [0.1, 0.15) is 24.4 Å². The van der Waals surface area contributed by atoms with Crippen LogP contribution in [0, 0.1) is 4.91 Å². The fraction of sp³-hybridized carbons (Fsp3) is 0.875. The number of ether oxygens (including phenoxy) is 1. The van der Waals surface area contributed by atoms with Crippen molar-refractivity contribution in [2.45, 2.75) is 30.6 Å². The van der Waals surface area contributed by atoms with E-state index in [-0.39, 0.29) is 0 Å². The quantitative estimate of drug-likeness (QED) is 0.271. The van der Waals surface area contributed by atoms with Crippen LogP contribution < -0.4 is 5.32 Å². The lowest BCUT2D eigenvalue weighted by atomic mass is 9.97. The molecule has 2 amide bonds. The minimum absolute atomic E-state index is 0.407. The Morgan fingerprint density at radius 1 is 1.39 bits per heavy atom. The molecule has 0 spiro atoms. The Morgan fingerprint density at radius 2 is 2.00 bits per heavy atom. The van der Waals surface area contributed by atoms with Crippen molar-refractivity contribution in [1.82, 2.24) is 10.3 Å². The Balaban J connectivity index is 2.71. The number of rotatable bonds is 3. The van der Waals surface area contributed by atoms with Crippen LogP contribution in [0.1, 0.15) is 0 Å². The van der Waals surface area contributed by atoms with Crippen molar-refractivity contribution >= 4 is 6.03 Å². The Morgan fingerprint density at radius 3 is 2.50 bits per heavy atom. The number of carbonyl (C=O) groups excluding carboxylic acids is 1. The van der Waals surface area contributed by atoms with Gasteiger partial charge >= 0.3 is 6.03 Å². The van der Waals surface area contributed by atoms with E-state index in [1.54, 1.807) is 0 Å². The lowest BCUT2D eigenvalue weighted by Crippen LogP contribution is -2.64. The molecule has 1 heterocycles. The van der Waals surface area contributed by atoms with Crippen LogP contribution >= 0.6 is 0 Å². The summed E-state index contributed by atoms with van der Waals surface area (Å²) in [6, 6.07) is -2.33. The van der Waals surface area contributed by atoms with Crippen molar-refractivity contribution in [1.29, 1.82) is 0 Å². The third kappa shape index (κ3) is 2.91. The van der Waals surface area contributed by atoms with Crippen LogP contribution in [0.3, 0.4) is 0 Å². The third-order valence-electron chi connectivity index (χ3n) is 2.61. The van der Waals surface area contributed by atoms with Gasteiger partial charge in [-0.15, -0.1) is 4.91 Å². The standard InChI is InChI=1S/C8H15N3O7/c1-11(10-17)8(16)9-4-6(14)5(13)3(2-12)18-7(4)15/h3-7,12-15H,2H2,1H3,(H,9,16)/t3?,4?,5-,6?,7+/m1/s1. The number of urea groups is 1. The van der Waals surface area contributed by atoms with Crippen molar-refractivity contribution in [3.05, 3.63) is 4.91 Å². The molecule has 1 saturated heterocycles. The highest BCUT2D eigenvalue weighted by Gasteiger charge is 2.44. The van der Waals surface area contributed by atoms with E-state index < -0.39 is 43.3 Å². The Kier molecular flexibility index (Phi) is 4.93. The molecule has 18 heavy (non-hydrogen) atoms. The van der Waals surface area contributed by atoms with E-state index in [2.05, 4.69) is 10.6 Å². The monoisotopic (exact) mass is 265 g/mol. The SMILES string of the molecule is CN(N=O)C(=O)NC1C(O)[C@H](O)C(CO)O[C@@H]1O. The number of aliphatic hydroxyl groups is 4. The topological polar surface area (TPSA) is 152 Å². The second-order valence-corrected chi connectivity index (χ2v) is 3.81. The Bertz CT molecular complexity index is 315. The van der Waals surface area contributed by atoms with Gasteiger partial charge in [-0.25, -0.2) is 4.79 Å². The van der Waals surface area contributed by atoms with Gasteiger partial charge in [-0.05, 0) is 0 Å². The van der Waals surface area contributed by atoms with Crippen LogP contribution in [0.2, 0.25) is 0 Å². The van der Waals surface area contributed by atoms with Crippen LogP contribution in [0.5, 0.6) is 0 Å². The first-order valence-corrected chi connectivity index (χ1v) is 5.10. The summed E-state index contributed by atoms with van der Waals surface area (Å²) in [6.45, 7) is -0.605. The number of aliphatic hydroxyl groups excluding tert-OH is 4. The molecule has 0 saturated carbocycles. The summed E-state index contributed by atoms with van der Waals surface area (Å²) in [5.41, 5.74) is 0. The fourth-order valence-corrected chi connectivity index (χ4v) is 1.53. The summed E-state index contributed by atoms with van der Waals surface area (Å²) >= 11 is 0. The maximum atomic E-state index is 11.3. The summed E-state index contributed by atoms with van der Waals surface area (Å²) in [7, 11) is 1.07. The highest BCUT2D eigenvalue weighted by molar-refractivity contribution is 5.73. The zero-order valence-corrected chi connectivity index (χ0v) is 9.50. The summed E-state index contributed by atoms with van der Waals surface area (Å²) in [4.78, 5) is 21.4. The van der Waals surface area contributed by atoms with Crippen LogP contribution in [0.15, 0.2) is 5.29 Å². The first-order chi connectivity index (χ1) is 8.42. The third-order valence-corrected chi connectivity index (χ3v) is 2.61. The number of hydrogen-bond donors (Lipinski definition) is 5. The van der Waals surface area contributed by atoms with Crippen molar-refractivity contribution in [2.24, 2.45) is 5.29 Å². The molecule has 1 rings (SSSR count). The molecule has 5 N–H and O–H groups in total. The highest BCUT2D eigenvalue weighted by Crippen LogP contribution is 2.19. The van der Waals surface area contributed by atoms with E-state index in [9.17, 15) is 25.0 Å². The Labute approximate surface area is 102 Å². The van der Waals surface area contributed by atoms with Crippen molar-refractivity contribution < 1.29 is 30.0 Å². The van der Waals surface area contributed by atoms with Gasteiger partial charge in [0.05, 0.1) is 11.9 Å². The highest BCUT2D eigenvalue weighted by atomic mass is 16.6. The first kappa shape index (κ1) is 14.7. The number of carbonyl (C=O) groups is 1. The minimum atomic E-state index is -1.63. The molecule has 10 heteroatoms. The van der Waals surface area contributed by atoms with Gasteiger partial charge < -0.3 is 30.5 Å². The van der Waals surface area contributed by atoms with E-state index in [0.717, 1.165) is 7.05 Å². The number of nitroso groups, excluding NO2 is 1. The van der Waals surface area contributed by atoms with E-state index in [0.29, 0.717) is 5.01 Å². The lowest BCUT2D eigenvalue weighted by Gasteiger charge is -2.40. The van der Waals surface area contributed by atoms with Crippen molar-refractivity contribution in [3.63, 3.8) is 0 Å². The van der Waals surface area contributed by atoms with Crippen LogP contribution in [0.25, 0.3) is 0 Å². The summed E-state index contributed by atoms with van der Waals surface area (Å²) < 4.78 is 4.80. The second-order valence-electron chi connectivity index (χ2n) is 3.81. The zero-order chi connectivity index (χ0) is 13.9. The molecule has 0 aromatic heterocycles. The average molecular weight is 265 g/mol. The number of nitrogens with one attached hydrogen (secondary N) is 1. The zero-order valence-electron chi connectivity index (χ0n) is 9.50. The number of hydrogen-bond acceptors (Lipinski definition) is 8. The van der Waals surface area contributed by atoms with Gasteiger partial charge in [-0.1, -0.05) is 0 Å². The van der Waals surface area contributed by atoms with Gasteiger partial charge in [0.2, 0.25) is 0 Å². The summed E-state index contributed by atoms with van der Waals surface area (Å²) in [5, 5.41) is 42.4. The normalized spacial score (nSPS) is 35.9. The van der Waals surface area contributed by atoms with Gasteiger partial charge in [0.15, 0.2) is 6.29 Å².